The topological polar surface area (TPSA) is 62.7 Å². The Kier molecular flexibility index (Phi) is 8.50. The van der Waals surface area contributed by atoms with Crippen molar-refractivity contribution in [3.05, 3.63) is 71.7 Å². The van der Waals surface area contributed by atoms with Gasteiger partial charge in [-0.2, -0.15) is 0 Å². The van der Waals surface area contributed by atoms with E-state index in [9.17, 15) is 14.3 Å². The van der Waals surface area contributed by atoms with E-state index in [0.29, 0.717) is 37.2 Å². The van der Waals surface area contributed by atoms with Crippen molar-refractivity contribution in [1.29, 1.82) is 0 Å². The zero-order valence-electron chi connectivity index (χ0n) is 20.3. The second kappa shape index (κ2) is 12.0. The number of carbonyl (C=O) groups is 1. The number of ether oxygens (including phenoxy) is 1. The summed E-state index contributed by atoms with van der Waals surface area (Å²) < 4.78 is 33.8. The number of hydrogen-bond donors (Lipinski definition) is 1. The van der Waals surface area contributed by atoms with Crippen LogP contribution in [0, 0.1) is 29.5 Å². The largest absolute Gasteiger partial charge is 0.497 e. The van der Waals surface area contributed by atoms with Crippen LogP contribution < -0.4 is 4.74 Å². The Balaban J connectivity index is 1.38. The van der Waals surface area contributed by atoms with Gasteiger partial charge in [-0.25, -0.2) is 8.78 Å². The third kappa shape index (κ3) is 6.58. The van der Waals surface area contributed by atoms with E-state index in [1.54, 1.807) is 37.6 Å². The summed E-state index contributed by atoms with van der Waals surface area (Å²) in [6.07, 6.45) is 2.23. The van der Waals surface area contributed by atoms with Gasteiger partial charge in [0.05, 0.1) is 19.2 Å². The van der Waals surface area contributed by atoms with Gasteiger partial charge < -0.3 is 9.84 Å². The highest BCUT2D eigenvalue weighted by Crippen LogP contribution is 2.36. The first-order chi connectivity index (χ1) is 17.4. The van der Waals surface area contributed by atoms with Gasteiger partial charge in [0.25, 0.3) is 0 Å². The molecule has 36 heavy (non-hydrogen) atoms. The standard InChI is InChI=1S/C29H30F2N2O3/c1-36-24-9-11-28-26(18-24)25(12-14-32-28)27(31)10-6-21-13-16-33(19-22(21)17-29(34)35)15-2-3-20-4-7-23(30)8-5-20/h4-5,7-9,11-12,14,18,21-22,27H,6,10,13,15-17,19H2,1H3,(H,34,35)/t21-,22+,27+/m1/s1. The molecule has 1 N–H and O–H groups in total. The Morgan fingerprint density at radius 2 is 2.03 bits per heavy atom. The molecule has 0 amide bonds. The van der Waals surface area contributed by atoms with Crippen LogP contribution in [0.2, 0.25) is 0 Å². The molecule has 0 spiro atoms. The number of aromatic nitrogens is 1. The van der Waals surface area contributed by atoms with Crippen LogP contribution in [0.5, 0.6) is 5.75 Å². The van der Waals surface area contributed by atoms with Crippen LogP contribution in [0.15, 0.2) is 54.7 Å². The molecule has 0 aliphatic carbocycles. The van der Waals surface area contributed by atoms with Gasteiger partial charge in [-0.1, -0.05) is 11.8 Å². The number of rotatable bonds is 8. The van der Waals surface area contributed by atoms with Gasteiger partial charge in [0.15, 0.2) is 0 Å². The van der Waals surface area contributed by atoms with E-state index in [2.05, 4.69) is 21.7 Å². The van der Waals surface area contributed by atoms with Crippen LogP contribution in [-0.4, -0.2) is 47.7 Å². The Labute approximate surface area is 210 Å². The molecule has 0 saturated carbocycles. The molecule has 1 aliphatic rings. The number of carboxylic acids is 1. The molecule has 0 radical (unpaired) electrons. The van der Waals surface area contributed by atoms with Crippen molar-refractivity contribution in [2.45, 2.75) is 31.9 Å². The molecule has 188 valence electrons. The maximum absolute atomic E-state index is 15.4. The number of methoxy groups -OCH3 is 1. The summed E-state index contributed by atoms with van der Waals surface area (Å²) in [5, 5.41) is 10.2. The second-order valence-corrected chi connectivity index (χ2v) is 9.28. The van der Waals surface area contributed by atoms with E-state index in [0.717, 1.165) is 29.4 Å². The quantitative estimate of drug-likeness (QED) is 0.413. The molecule has 0 unspecified atom stereocenters. The van der Waals surface area contributed by atoms with E-state index in [1.807, 2.05) is 12.1 Å². The summed E-state index contributed by atoms with van der Waals surface area (Å²) in [5.41, 5.74) is 2.04. The maximum atomic E-state index is 15.4. The van der Waals surface area contributed by atoms with Crippen molar-refractivity contribution in [3.8, 4) is 17.6 Å². The fourth-order valence-corrected chi connectivity index (χ4v) is 4.98. The Morgan fingerprint density at radius 3 is 2.78 bits per heavy atom. The highest BCUT2D eigenvalue weighted by Gasteiger charge is 2.31. The predicted octanol–water partition coefficient (Wildman–Crippen LogP) is 5.64. The minimum absolute atomic E-state index is 0.0545. The van der Waals surface area contributed by atoms with Gasteiger partial charge in [0, 0.05) is 30.1 Å². The van der Waals surface area contributed by atoms with Crippen molar-refractivity contribution < 1.29 is 23.4 Å². The first-order valence-electron chi connectivity index (χ1n) is 12.2. The summed E-state index contributed by atoms with van der Waals surface area (Å²) in [5.74, 6) is 5.71. The van der Waals surface area contributed by atoms with E-state index in [1.165, 1.54) is 12.1 Å². The maximum Gasteiger partial charge on any atom is 0.303 e. The molecule has 2 aromatic carbocycles. The Hall–Kier alpha value is -3.50. The molecule has 1 aromatic heterocycles. The lowest BCUT2D eigenvalue weighted by molar-refractivity contribution is -0.139. The van der Waals surface area contributed by atoms with Crippen LogP contribution in [0.1, 0.15) is 43.0 Å². The third-order valence-corrected chi connectivity index (χ3v) is 6.90. The van der Waals surface area contributed by atoms with Crippen molar-refractivity contribution in [3.63, 3.8) is 0 Å². The zero-order chi connectivity index (χ0) is 25.5. The van der Waals surface area contributed by atoms with Gasteiger partial charge in [-0.3, -0.25) is 14.7 Å². The number of piperidine rings is 1. The van der Waals surface area contributed by atoms with Crippen LogP contribution in [0.4, 0.5) is 8.78 Å². The zero-order valence-corrected chi connectivity index (χ0v) is 20.3. The molecule has 4 rings (SSSR count). The fraction of sp³-hybridized carbons (Fsp3) is 0.379. The minimum Gasteiger partial charge on any atom is -0.497 e. The van der Waals surface area contributed by atoms with Gasteiger partial charge in [-0.05, 0) is 91.7 Å². The lowest BCUT2D eigenvalue weighted by atomic mass is 9.79. The number of halogens is 2. The lowest BCUT2D eigenvalue weighted by Crippen LogP contribution is -2.41. The number of alkyl halides is 1. The molecular formula is C29H30F2N2O3. The normalized spacial score (nSPS) is 18.9. The molecule has 7 heteroatoms. The number of benzene rings is 2. The van der Waals surface area contributed by atoms with E-state index in [4.69, 9.17) is 4.74 Å². The monoisotopic (exact) mass is 492 g/mol. The minimum atomic E-state index is -1.17. The molecule has 3 atom stereocenters. The summed E-state index contributed by atoms with van der Waals surface area (Å²) in [6, 6.07) is 13.2. The number of aliphatic carboxylic acids is 1. The van der Waals surface area contributed by atoms with Crippen molar-refractivity contribution in [1.82, 2.24) is 9.88 Å². The predicted molar refractivity (Wildman–Crippen MR) is 135 cm³/mol. The number of nitrogens with zero attached hydrogens (tertiary/aromatic N) is 2. The first kappa shape index (κ1) is 25.6. The Morgan fingerprint density at radius 1 is 1.22 bits per heavy atom. The highest BCUT2D eigenvalue weighted by atomic mass is 19.1. The van der Waals surface area contributed by atoms with Gasteiger partial charge in [0.2, 0.25) is 0 Å². The second-order valence-electron chi connectivity index (χ2n) is 9.28. The third-order valence-electron chi connectivity index (χ3n) is 6.90. The summed E-state index contributed by atoms with van der Waals surface area (Å²) >= 11 is 0. The molecule has 0 bridgehead atoms. The highest BCUT2D eigenvalue weighted by molar-refractivity contribution is 5.83. The molecule has 1 saturated heterocycles. The van der Waals surface area contributed by atoms with Crippen molar-refractivity contribution in [2.75, 3.05) is 26.7 Å². The van der Waals surface area contributed by atoms with Crippen LogP contribution >= 0.6 is 0 Å². The average molecular weight is 493 g/mol. The van der Waals surface area contributed by atoms with Crippen LogP contribution in [0.25, 0.3) is 10.9 Å². The van der Waals surface area contributed by atoms with Crippen molar-refractivity contribution >= 4 is 16.9 Å². The molecule has 1 aliphatic heterocycles. The molecule has 3 aromatic rings. The SMILES string of the molecule is COc1ccc2nccc([C@@H](F)CC[C@@H]3CCN(CC#Cc4ccc(F)cc4)C[C@@H]3CC(=O)O)c2c1. The van der Waals surface area contributed by atoms with Gasteiger partial charge in [-0.15, -0.1) is 0 Å². The van der Waals surface area contributed by atoms with E-state index in [-0.39, 0.29) is 24.1 Å². The van der Waals surface area contributed by atoms with Crippen LogP contribution in [0.3, 0.4) is 0 Å². The Bertz CT molecular complexity index is 1250. The van der Waals surface area contributed by atoms with Gasteiger partial charge >= 0.3 is 5.97 Å². The lowest BCUT2D eigenvalue weighted by Gasteiger charge is -2.37. The number of likely N-dealkylation sites (tertiary alicyclic amines) is 1. The van der Waals surface area contributed by atoms with Gasteiger partial charge in [0.1, 0.15) is 17.7 Å². The smallest absolute Gasteiger partial charge is 0.303 e. The molecular weight excluding hydrogens is 462 g/mol. The van der Waals surface area contributed by atoms with E-state index >= 15 is 4.39 Å². The summed E-state index contributed by atoms with van der Waals surface area (Å²) in [4.78, 5) is 18.0. The number of hydrogen-bond acceptors (Lipinski definition) is 4. The fourth-order valence-electron chi connectivity index (χ4n) is 4.98. The van der Waals surface area contributed by atoms with Crippen LogP contribution in [-0.2, 0) is 4.79 Å². The summed E-state index contributed by atoms with van der Waals surface area (Å²) in [7, 11) is 1.58. The summed E-state index contributed by atoms with van der Waals surface area (Å²) in [6.45, 7) is 1.91. The van der Waals surface area contributed by atoms with Crippen molar-refractivity contribution in [2.24, 2.45) is 11.8 Å². The number of fused-ring (bicyclic) bond motifs is 1. The molecule has 1 fully saturated rings. The average Bonchev–Trinajstić information content (AvgIpc) is 2.88. The number of pyridine rings is 1. The first-order valence-corrected chi connectivity index (χ1v) is 12.2. The van der Waals surface area contributed by atoms with E-state index < -0.39 is 12.1 Å². The number of carboxylic acid groups (broad SMARTS) is 1. The molecule has 2 heterocycles. The molecule has 5 nitrogen and oxygen atoms in total.